The van der Waals surface area contributed by atoms with E-state index in [0.717, 1.165) is 16.5 Å². The van der Waals surface area contributed by atoms with Crippen molar-refractivity contribution >= 4 is 16.8 Å². The normalized spacial score (nSPS) is 17.1. The van der Waals surface area contributed by atoms with Gasteiger partial charge in [-0.3, -0.25) is 4.79 Å². The molecule has 1 aliphatic heterocycles. The summed E-state index contributed by atoms with van der Waals surface area (Å²) in [5, 5.41) is 14.2. The minimum absolute atomic E-state index is 0.110. The van der Waals surface area contributed by atoms with E-state index in [0.29, 0.717) is 11.5 Å². The molecular weight excluding hydrogens is 332 g/mol. The number of carbonyl (C=O) groups excluding carboxylic acids is 1. The van der Waals surface area contributed by atoms with Crippen LogP contribution in [0.15, 0.2) is 54.7 Å². The van der Waals surface area contributed by atoms with Crippen LogP contribution in [0.3, 0.4) is 0 Å². The molecule has 2 N–H and O–H groups in total. The average Bonchev–Trinajstić information content (AvgIpc) is 3.05. The maximum absolute atomic E-state index is 12.3. The van der Waals surface area contributed by atoms with Crippen molar-refractivity contribution in [3.63, 3.8) is 0 Å². The molecule has 6 heteroatoms. The van der Waals surface area contributed by atoms with Gasteiger partial charge in [-0.15, -0.1) is 0 Å². The van der Waals surface area contributed by atoms with Crippen molar-refractivity contribution in [2.75, 3.05) is 13.2 Å². The number of hydrogen-bond donors (Lipinski definition) is 2. The van der Waals surface area contributed by atoms with Gasteiger partial charge in [0.1, 0.15) is 6.61 Å². The molecule has 2 unspecified atom stereocenters. The number of nitrogens with zero attached hydrogens (tertiary/aromatic N) is 1. The van der Waals surface area contributed by atoms with Gasteiger partial charge in [0, 0.05) is 25.3 Å². The number of aromatic nitrogens is 1. The Bertz CT molecular complexity index is 950. The molecule has 0 fully saturated rings. The van der Waals surface area contributed by atoms with Gasteiger partial charge in [0.2, 0.25) is 6.10 Å². The summed E-state index contributed by atoms with van der Waals surface area (Å²) >= 11 is 0. The Labute approximate surface area is 151 Å². The quantitative estimate of drug-likeness (QED) is 0.755. The average molecular weight is 352 g/mol. The maximum Gasteiger partial charge on any atom is 0.264 e. The largest absolute Gasteiger partial charge is 0.485 e. The first-order valence-corrected chi connectivity index (χ1v) is 8.51. The van der Waals surface area contributed by atoms with Crippen molar-refractivity contribution in [1.29, 1.82) is 0 Å². The smallest absolute Gasteiger partial charge is 0.264 e. The minimum Gasteiger partial charge on any atom is -0.485 e. The maximum atomic E-state index is 12.3. The lowest BCUT2D eigenvalue weighted by Crippen LogP contribution is -2.45. The molecule has 2 atom stereocenters. The zero-order valence-corrected chi connectivity index (χ0v) is 14.4. The van der Waals surface area contributed by atoms with Crippen LogP contribution in [0.4, 0.5) is 0 Å². The molecule has 0 saturated carbocycles. The molecule has 0 bridgehead atoms. The summed E-state index contributed by atoms with van der Waals surface area (Å²) in [6, 6.07) is 15.0. The van der Waals surface area contributed by atoms with Crippen molar-refractivity contribution in [2.45, 2.75) is 12.2 Å². The molecule has 0 aliphatic carbocycles. The van der Waals surface area contributed by atoms with Crippen LogP contribution in [0, 0.1) is 0 Å². The first-order chi connectivity index (χ1) is 12.6. The summed E-state index contributed by atoms with van der Waals surface area (Å²) in [6.07, 6.45) is 0.454. The molecule has 0 radical (unpaired) electrons. The second-order valence-electron chi connectivity index (χ2n) is 6.37. The molecule has 2 heterocycles. The number of aryl methyl sites for hydroxylation is 1. The highest BCUT2D eigenvalue weighted by atomic mass is 16.6. The predicted molar refractivity (Wildman–Crippen MR) is 97.2 cm³/mol. The van der Waals surface area contributed by atoms with Crippen LogP contribution in [-0.4, -0.2) is 34.8 Å². The second-order valence-corrected chi connectivity index (χ2v) is 6.37. The molecule has 3 aromatic rings. The van der Waals surface area contributed by atoms with Crippen LogP contribution in [0.5, 0.6) is 11.5 Å². The zero-order valence-electron chi connectivity index (χ0n) is 14.4. The monoisotopic (exact) mass is 352 g/mol. The zero-order chi connectivity index (χ0) is 18.1. The first-order valence-electron chi connectivity index (χ1n) is 8.51. The third-order valence-electron chi connectivity index (χ3n) is 4.56. The highest BCUT2D eigenvalue weighted by Crippen LogP contribution is 2.30. The Balaban J connectivity index is 1.37. The van der Waals surface area contributed by atoms with Gasteiger partial charge >= 0.3 is 0 Å². The van der Waals surface area contributed by atoms with Crippen LogP contribution < -0.4 is 14.8 Å². The number of ether oxygens (including phenoxy) is 2. The molecule has 6 nitrogen and oxygen atoms in total. The Hall–Kier alpha value is -2.99. The lowest BCUT2D eigenvalue weighted by molar-refractivity contribution is -0.130. The summed E-state index contributed by atoms with van der Waals surface area (Å²) in [7, 11) is 1.98. The molecule has 26 heavy (non-hydrogen) atoms. The predicted octanol–water partition coefficient (Wildman–Crippen LogP) is 2.17. The number of para-hydroxylation sites is 2. The molecule has 2 aromatic carbocycles. The van der Waals surface area contributed by atoms with Gasteiger partial charge in [0.05, 0.1) is 6.10 Å². The summed E-state index contributed by atoms with van der Waals surface area (Å²) < 4.78 is 13.2. The van der Waals surface area contributed by atoms with Gasteiger partial charge in [0.15, 0.2) is 11.5 Å². The molecule has 1 aromatic heterocycles. The van der Waals surface area contributed by atoms with Gasteiger partial charge in [-0.2, -0.15) is 0 Å². The highest BCUT2D eigenvalue weighted by molar-refractivity contribution is 5.82. The van der Waals surface area contributed by atoms with Gasteiger partial charge in [-0.1, -0.05) is 18.2 Å². The van der Waals surface area contributed by atoms with Gasteiger partial charge in [-0.25, -0.2) is 0 Å². The van der Waals surface area contributed by atoms with Crippen molar-refractivity contribution in [1.82, 2.24) is 9.88 Å². The molecule has 0 spiro atoms. The van der Waals surface area contributed by atoms with Gasteiger partial charge < -0.3 is 24.5 Å². The third kappa shape index (κ3) is 3.11. The standard InChI is InChI=1S/C20H20N2O4/c1-22-9-8-13-10-14(6-7-15(13)22)16(23)11-21-20(24)19-12-25-17-4-2-3-5-18(17)26-19/h2-10,16,19,23H,11-12H2,1H3,(H,21,24). The summed E-state index contributed by atoms with van der Waals surface area (Å²) in [5.74, 6) is 0.876. The van der Waals surface area contributed by atoms with E-state index < -0.39 is 12.2 Å². The van der Waals surface area contributed by atoms with E-state index >= 15 is 0 Å². The fraction of sp³-hybridized carbons (Fsp3) is 0.250. The number of hydrogen-bond acceptors (Lipinski definition) is 4. The SMILES string of the molecule is Cn1ccc2cc(C(O)CNC(=O)C3COc4ccccc4O3)ccc21. The highest BCUT2D eigenvalue weighted by Gasteiger charge is 2.27. The molecule has 4 rings (SSSR count). The van der Waals surface area contributed by atoms with Crippen LogP contribution >= 0.6 is 0 Å². The number of aliphatic hydroxyl groups is 1. The number of amides is 1. The Morgan fingerprint density at radius 1 is 1.27 bits per heavy atom. The van der Waals surface area contributed by atoms with Crippen LogP contribution in [0.1, 0.15) is 11.7 Å². The Morgan fingerprint density at radius 2 is 2.08 bits per heavy atom. The van der Waals surface area contributed by atoms with Crippen molar-refractivity contribution in [3.8, 4) is 11.5 Å². The molecule has 134 valence electrons. The number of fused-ring (bicyclic) bond motifs is 2. The molecule has 0 saturated heterocycles. The van der Waals surface area contributed by atoms with Crippen molar-refractivity contribution in [3.05, 3.63) is 60.3 Å². The lowest BCUT2D eigenvalue weighted by atomic mass is 10.1. The number of rotatable bonds is 4. The molecule has 1 amide bonds. The van der Waals surface area contributed by atoms with Crippen LogP contribution in [-0.2, 0) is 11.8 Å². The van der Waals surface area contributed by atoms with Crippen LogP contribution in [0.25, 0.3) is 10.9 Å². The Morgan fingerprint density at radius 3 is 2.92 bits per heavy atom. The fourth-order valence-corrected chi connectivity index (χ4v) is 3.09. The topological polar surface area (TPSA) is 72.7 Å². The van der Waals surface area contributed by atoms with E-state index in [1.54, 1.807) is 12.1 Å². The van der Waals surface area contributed by atoms with Crippen molar-refractivity contribution < 1.29 is 19.4 Å². The fourth-order valence-electron chi connectivity index (χ4n) is 3.09. The summed E-state index contributed by atoms with van der Waals surface area (Å²) in [6.45, 7) is 0.258. The lowest BCUT2D eigenvalue weighted by Gasteiger charge is -2.26. The van der Waals surface area contributed by atoms with E-state index in [2.05, 4.69) is 5.32 Å². The van der Waals surface area contributed by atoms with E-state index in [9.17, 15) is 9.90 Å². The summed E-state index contributed by atoms with van der Waals surface area (Å²) in [4.78, 5) is 12.3. The number of carbonyl (C=O) groups is 1. The number of nitrogens with one attached hydrogen (secondary N) is 1. The van der Waals surface area contributed by atoms with Crippen molar-refractivity contribution in [2.24, 2.45) is 7.05 Å². The third-order valence-corrected chi connectivity index (χ3v) is 4.56. The summed E-state index contributed by atoms with van der Waals surface area (Å²) in [5.41, 5.74) is 1.85. The molecular formula is C20H20N2O4. The van der Waals surface area contributed by atoms with Gasteiger partial charge in [-0.05, 0) is 41.3 Å². The van der Waals surface area contributed by atoms with E-state index in [1.807, 2.05) is 54.2 Å². The van der Waals surface area contributed by atoms with E-state index in [4.69, 9.17) is 9.47 Å². The van der Waals surface area contributed by atoms with E-state index in [1.165, 1.54) is 0 Å². The van der Waals surface area contributed by atoms with Crippen LogP contribution in [0.2, 0.25) is 0 Å². The minimum atomic E-state index is -0.791. The van der Waals surface area contributed by atoms with Gasteiger partial charge in [0.25, 0.3) is 5.91 Å². The number of benzene rings is 2. The van der Waals surface area contributed by atoms with E-state index in [-0.39, 0.29) is 19.1 Å². The second kappa shape index (κ2) is 6.72. The Kier molecular flexibility index (Phi) is 4.26. The molecule has 1 aliphatic rings. The first kappa shape index (κ1) is 16.5. The number of aliphatic hydroxyl groups excluding tert-OH is 1.